The van der Waals surface area contributed by atoms with Gasteiger partial charge in [0.25, 0.3) is 0 Å². The Morgan fingerprint density at radius 3 is 2.83 bits per heavy atom. The van der Waals surface area contributed by atoms with Gasteiger partial charge in [0.15, 0.2) is 0 Å². The zero-order chi connectivity index (χ0) is 20.9. The second-order valence-electron chi connectivity index (χ2n) is 8.57. The van der Waals surface area contributed by atoms with Crippen LogP contribution in [0.5, 0.6) is 0 Å². The Hall–Kier alpha value is -2.47. The third-order valence-electron chi connectivity index (χ3n) is 6.47. The van der Waals surface area contributed by atoms with Crippen molar-refractivity contribution in [1.82, 2.24) is 9.97 Å². The molecule has 1 saturated carbocycles. The summed E-state index contributed by atoms with van der Waals surface area (Å²) >= 11 is 0. The second-order valence-corrected chi connectivity index (χ2v) is 8.57. The summed E-state index contributed by atoms with van der Waals surface area (Å²) < 4.78 is 6.02. The Morgan fingerprint density at radius 1 is 1.23 bits per heavy atom. The van der Waals surface area contributed by atoms with Crippen LogP contribution < -0.4 is 4.90 Å². The summed E-state index contributed by atoms with van der Waals surface area (Å²) in [6.45, 7) is 1.34. The van der Waals surface area contributed by atoms with Crippen molar-refractivity contribution in [2.75, 3.05) is 25.1 Å². The third kappa shape index (κ3) is 4.81. The quantitative estimate of drug-likeness (QED) is 0.729. The van der Waals surface area contributed by atoms with Gasteiger partial charge in [0.2, 0.25) is 5.95 Å². The molecule has 1 aliphatic carbocycles. The number of likely N-dealkylation sites (N-methyl/N-ethyl adjacent to an activating group) is 1. The zero-order valence-electron chi connectivity index (χ0n) is 17.7. The molecule has 30 heavy (non-hydrogen) atoms. The monoisotopic (exact) mass is 409 g/mol. The summed E-state index contributed by atoms with van der Waals surface area (Å²) in [6.07, 6.45) is 10.5. The lowest BCUT2D eigenvalue weighted by atomic mass is 9.85. The maximum atomic E-state index is 11.7. The first-order chi connectivity index (χ1) is 14.6. The summed E-state index contributed by atoms with van der Waals surface area (Å²) in [5, 5.41) is 9.59. The predicted octanol–water partition coefficient (Wildman–Crippen LogP) is 4.44. The Kier molecular flexibility index (Phi) is 6.62. The Balaban J connectivity index is 1.48. The van der Waals surface area contributed by atoms with Gasteiger partial charge in [-0.25, -0.2) is 14.8 Å². The van der Waals surface area contributed by atoms with Crippen molar-refractivity contribution in [2.24, 2.45) is 5.92 Å². The number of ether oxygens (including phenoxy) is 1. The fraction of sp³-hybridized carbons (Fsp3) is 0.542. The van der Waals surface area contributed by atoms with E-state index in [0.717, 1.165) is 12.8 Å². The molecule has 1 aromatic carbocycles. The number of aryl methyl sites for hydroxylation is 1. The standard InChI is InChI=1S/C24H31N3O3/c1-27(16-22-19-10-6-5-9-18(19)13-14-30-22)24-25-15-20(23(28)29)21(26-24)12-11-17-7-3-2-4-8-17/h5-6,9-10,15,17,22H,2-4,7-8,11-14,16H2,1H3,(H,28,29). The Labute approximate surface area is 178 Å². The second kappa shape index (κ2) is 9.56. The van der Waals surface area contributed by atoms with E-state index in [1.807, 2.05) is 18.0 Å². The van der Waals surface area contributed by atoms with E-state index in [1.165, 1.54) is 49.4 Å². The Bertz CT molecular complexity index is 880. The largest absolute Gasteiger partial charge is 0.478 e. The molecule has 1 fully saturated rings. The first-order valence-corrected chi connectivity index (χ1v) is 11.1. The van der Waals surface area contributed by atoms with Crippen LogP contribution in [0.2, 0.25) is 0 Å². The summed E-state index contributed by atoms with van der Waals surface area (Å²) in [5.41, 5.74) is 3.42. The van der Waals surface area contributed by atoms with E-state index in [4.69, 9.17) is 4.74 Å². The highest BCUT2D eigenvalue weighted by Crippen LogP contribution is 2.29. The van der Waals surface area contributed by atoms with Crippen LogP contribution >= 0.6 is 0 Å². The summed E-state index contributed by atoms with van der Waals surface area (Å²) in [7, 11) is 1.95. The molecule has 160 valence electrons. The number of carboxylic acid groups (broad SMARTS) is 1. The zero-order valence-corrected chi connectivity index (χ0v) is 17.7. The highest BCUT2D eigenvalue weighted by atomic mass is 16.5. The van der Waals surface area contributed by atoms with Gasteiger partial charge in [0, 0.05) is 13.2 Å². The SMILES string of the molecule is CN(CC1OCCc2ccccc21)c1ncc(C(=O)O)c(CCC2CCCCC2)n1. The van der Waals surface area contributed by atoms with Crippen LogP contribution in [0, 0.1) is 5.92 Å². The average Bonchev–Trinajstić information content (AvgIpc) is 2.78. The number of nitrogens with zero attached hydrogens (tertiary/aromatic N) is 3. The van der Waals surface area contributed by atoms with Crippen LogP contribution in [0.1, 0.15) is 71.8 Å². The van der Waals surface area contributed by atoms with E-state index < -0.39 is 5.97 Å². The number of hydrogen-bond acceptors (Lipinski definition) is 5. The number of aromatic carboxylic acids is 1. The third-order valence-corrected chi connectivity index (χ3v) is 6.47. The van der Waals surface area contributed by atoms with Crippen molar-refractivity contribution in [3.05, 3.63) is 52.8 Å². The molecule has 6 nitrogen and oxygen atoms in total. The fourth-order valence-corrected chi connectivity index (χ4v) is 4.73. The maximum absolute atomic E-state index is 11.7. The van der Waals surface area contributed by atoms with Crippen LogP contribution in [0.15, 0.2) is 30.5 Å². The molecular formula is C24H31N3O3. The molecule has 0 spiro atoms. The predicted molar refractivity (Wildman–Crippen MR) is 116 cm³/mol. The van der Waals surface area contributed by atoms with Crippen LogP contribution in [0.4, 0.5) is 5.95 Å². The lowest BCUT2D eigenvalue weighted by Crippen LogP contribution is -2.30. The highest BCUT2D eigenvalue weighted by Gasteiger charge is 2.24. The van der Waals surface area contributed by atoms with Gasteiger partial charge < -0.3 is 14.7 Å². The molecule has 1 N–H and O–H groups in total. The normalized spacial score (nSPS) is 19.3. The van der Waals surface area contributed by atoms with Crippen molar-refractivity contribution in [1.29, 1.82) is 0 Å². The lowest BCUT2D eigenvalue weighted by Gasteiger charge is -2.30. The highest BCUT2D eigenvalue weighted by molar-refractivity contribution is 5.88. The number of carboxylic acids is 1. The molecule has 0 radical (unpaired) electrons. The van der Waals surface area contributed by atoms with E-state index in [1.54, 1.807) is 0 Å². The molecule has 1 atom stereocenters. The molecule has 2 aromatic rings. The number of fused-ring (bicyclic) bond motifs is 1. The van der Waals surface area contributed by atoms with Gasteiger partial charge in [-0.1, -0.05) is 56.4 Å². The topological polar surface area (TPSA) is 75.5 Å². The van der Waals surface area contributed by atoms with Crippen LogP contribution in [-0.2, 0) is 17.6 Å². The minimum absolute atomic E-state index is 0.0339. The molecule has 0 amide bonds. The Morgan fingerprint density at radius 2 is 2.03 bits per heavy atom. The lowest BCUT2D eigenvalue weighted by molar-refractivity contribution is 0.0476. The molecule has 6 heteroatoms. The number of carbonyl (C=O) groups is 1. The molecule has 4 rings (SSSR count). The molecule has 2 aliphatic rings. The van der Waals surface area contributed by atoms with E-state index in [-0.39, 0.29) is 11.7 Å². The van der Waals surface area contributed by atoms with Crippen LogP contribution in [-0.4, -0.2) is 41.2 Å². The van der Waals surface area contributed by atoms with Crippen molar-refractivity contribution in [3.63, 3.8) is 0 Å². The smallest absolute Gasteiger partial charge is 0.339 e. The fourth-order valence-electron chi connectivity index (χ4n) is 4.73. The van der Waals surface area contributed by atoms with Crippen LogP contribution in [0.25, 0.3) is 0 Å². The summed E-state index contributed by atoms with van der Waals surface area (Å²) in [5.74, 6) is 0.293. The van der Waals surface area contributed by atoms with Gasteiger partial charge in [0.1, 0.15) is 6.10 Å². The molecular weight excluding hydrogens is 378 g/mol. The van der Waals surface area contributed by atoms with Crippen LogP contribution in [0.3, 0.4) is 0 Å². The van der Waals surface area contributed by atoms with Gasteiger partial charge >= 0.3 is 5.97 Å². The molecule has 0 saturated heterocycles. The van der Waals surface area contributed by atoms with Gasteiger partial charge in [-0.15, -0.1) is 0 Å². The molecule has 1 aliphatic heterocycles. The first-order valence-electron chi connectivity index (χ1n) is 11.1. The molecule has 1 unspecified atom stereocenters. The maximum Gasteiger partial charge on any atom is 0.339 e. The van der Waals surface area contributed by atoms with E-state index in [0.29, 0.717) is 37.1 Å². The van der Waals surface area contributed by atoms with E-state index >= 15 is 0 Å². The number of hydrogen-bond donors (Lipinski definition) is 1. The van der Waals surface area contributed by atoms with Crippen molar-refractivity contribution < 1.29 is 14.6 Å². The van der Waals surface area contributed by atoms with Crippen molar-refractivity contribution >= 4 is 11.9 Å². The number of anilines is 1. The van der Waals surface area contributed by atoms with Gasteiger partial charge in [-0.05, 0) is 36.3 Å². The van der Waals surface area contributed by atoms with Gasteiger partial charge in [-0.3, -0.25) is 0 Å². The first kappa shape index (κ1) is 20.8. The average molecular weight is 410 g/mol. The number of benzene rings is 1. The van der Waals surface area contributed by atoms with E-state index in [2.05, 4.69) is 28.2 Å². The number of rotatable bonds is 7. The summed E-state index contributed by atoms with van der Waals surface area (Å²) in [4.78, 5) is 22.7. The molecule has 1 aromatic heterocycles. The minimum atomic E-state index is -0.951. The number of aromatic nitrogens is 2. The van der Waals surface area contributed by atoms with Crippen molar-refractivity contribution in [2.45, 2.75) is 57.5 Å². The van der Waals surface area contributed by atoms with E-state index in [9.17, 15) is 9.90 Å². The minimum Gasteiger partial charge on any atom is -0.478 e. The summed E-state index contributed by atoms with van der Waals surface area (Å²) in [6, 6.07) is 8.39. The van der Waals surface area contributed by atoms with Gasteiger partial charge in [-0.2, -0.15) is 0 Å². The van der Waals surface area contributed by atoms with Crippen molar-refractivity contribution in [3.8, 4) is 0 Å². The molecule has 2 heterocycles. The van der Waals surface area contributed by atoms with Gasteiger partial charge in [0.05, 0.1) is 24.4 Å². The molecule has 0 bridgehead atoms.